The molecule has 0 amide bonds. The summed E-state index contributed by atoms with van der Waals surface area (Å²) in [5.74, 6) is 0. The van der Waals surface area contributed by atoms with Gasteiger partial charge in [-0.3, -0.25) is 4.90 Å². The summed E-state index contributed by atoms with van der Waals surface area (Å²) in [6, 6.07) is 0.702. The fraction of sp³-hybridized carbons (Fsp3) is 1.00. The molecule has 1 N–H and O–H groups in total. The van der Waals surface area contributed by atoms with Gasteiger partial charge in [0.2, 0.25) is 0 Å². The molecular formula is C15H30N2O. The van der Waals surface area contributed by atoms with Crippen LogP contribution in [0.15, 0.2) is 0 Å². The van der Waals surface area contributed by atoms with Crippen molar-refractivity contribution in [3.63, 3.8) is 0 Å². The van der Waals surface area contributed by atoms with E-state index < -0.39 is 0 Å². The van der Waals surface area contributed by atoms with Crippen molar-refractivity contribution in [1.82, 2.24) is 10.2 Å². The van der Waals surface area contributed by atoms with Gasteiger partial charge in [0.05, 0.1) is 6.10 Å². The van der Waals surface area contributed by atoms with Crippen molar-refractivity contribution in [2.45, 2.75) is 70.6 Å². The first kappa shape index (κ1) is 14.3. The minimum Gasteiger partial charge on any atom is -0.377 e. The molecule has 2 atom stereocenters. The summed E-state index contributed by atoms with van der Waals surface area (Å²) in [6.07, 6.45) is 6.90. The van der Waals surface area contributed by atoms with E-state index in [1.807, 2.05) is 0 Å². The molecule has 2 rings (SSSR count). The second kappa shape index (κ2) is 6.36. The molecular weight excluding hydrogens is 224 g/mol. The lowest BCUT2D eigenvalue weighted by atomic mass is 9.95. The number of piperazine rings is 1. The van der Waals surface area contributed by atoms with Crippen molar-refractivity contribution in [2.75, 3.05) is 26.2 Å². The average Bonchev–Trinajstić information content (AvgIpc) is 2.34. The summed E-state index contributed by atoms with van der Waals surface area (Å²) in [5.41, 5.74) is 0.249. The minimum absolute atomic E-state index is 0.249. The predicted octanol–water partition coefficient (Wildman–Crippen LogP) is 2.41. The van der Waals surface area contributed by atoms with Gasteiger partial charge >= 0.3 is 0 Å². The second-order valence-corrected chi connectivity index (χ2v) is 6.63. The lowest BCUT2D eigenvalue weighted by Crippen LogP contribution is -2.62. The number of ether oxygens (including phenoxy) is 1. The lowest BCUT2D eigenvalue weighted by molar-refractivity contribution is -0.0278. The summed E-state index contributed by atoms with van der Waals surface area (Å²) in [5, 5.41) is 3.68. The van der Waals surface area contributed by atoms with E-state index in [0.29, 0.717) is 12.1 Å². The third-order valence-corrected chi connectivity index (χ3v) is 4.27. The third-order valence-electron chi connectivity index (χ3n) is 4.27. The summed E-state index contributed by atoms with van der Waals surface area (Å²) in [7, 11) is 0. The zero-order valence-corrected chi connectivity index (χ0v) is 12.4. The number of hydrogen-bond donors (Lipinski definition) is 1. The Morgan fingerprint density at radius 3 is 2.83 bits per heavy atom. The van der Waals surface area contributed by atoms with Crippen LogP contribution in [0.3, 0.4) is 0 Å². The second-order valence-electron chi connectivity index (χ2n) is 6.63. The Kier molecular flexibility index (Phi) is 5.05. The molecule has 3 heteroatoms. The Morgan fingerprint density at radius 1 is 1.33 bits per heavy atom. The first-order chi connectivity index (χ1) is 8.61. The smallest absolute Gasteiger partial charge is 0.0702 e. The molecule has 2 unspecified atom stereocenters. The number of hydrogen-bond acceptors (Lipinski definition) is 3. The summed E-state index contributed by atoms with van der Waals surface area (Å²) in [4.78, 5) is 2.68. The molecule has 0 aliphatic carbocycles. The van der Waals surface area contributed by atoms with E-state index >= 15 is 0 Å². The summed E-state index contributed by atoms with van der Waals surface area (Å²) in [6.45, 7) is 11.3. The SMILES string of the molecule is CCCC1CNC(C)(C)CN1CC1CCCCO1. The molecule has 0 radical (unpaired) electrons. The molecule has 2 fully saturated rings. The highest BCUT2D eigenvalue weighted by molar-refractivity contribution is 4.93. The Bertz CT molecular complexity index is 249. The molecule has 0 aromatic carbocycles. The van der Waals surface area contributed by atoms with E-state index in [-0.39, 0.29) is 5.54 Å². The molecule has 106 valence electrons. The van der Waals surface area contributed by atoms with Crippen molar-refractivity contribution in [3.05, 3.63) is 0 Å². The van der Waals surface area contributed by atoms with E-state index in [0.717, 1.165) is 26.2 Å². The Labute approximate surface area is 112 Å². The number of rotatable bonds is 4. The molecule has 2 aliphatic rings. The molecule has 0 spiro atoms. The molecule has 0 saturated carbocycles. The van der Waals surface area contributed by atoms with Gasteiger partial charge in [-0.15, -0.1) is 0 Å². The molecule has 0 aromatic rings. The van der Waals surface area contributed by atoms with Crippen LogP contribution in [-0.4, -0.2) is 48.8 Å². The molecule has 2 heterocycles. The molecule has 2 saturated heterocycles. The topological polar surface area (TPSA) is 24.5 Å². The van der Waals surface area contributed by atoms with Crippen molar-refractivity contribution in [1.29, 1.82) is 0 Å². The fourth-order valence-electron chi connectivity index (χ4n) is 3.26. The van der Waals surface area contributed by atoms with Gasteiger partial charge in [-0.25, -0.2) is 0 Å². The van der Waals surface area contributed by atoms with Crippen LogP contribution in [0.5, 0.6) is 0 Å². The van der Waals surface area contributed by atoms with Gasteiger partial charge in [-0.05, 0) is 39.5 Å². The third kappa shape index (κ3) is 3.94. The van der Waals surface area contributed by atoms with Crippen LogP contribution in [0.25, 0.3) is 0 Å². The monoisotopic (exact) mass is 254 g/mol. The Morgan fingerprint density at radius 2 is 2.17 bits per heavy atom. The van der Waals surface area contributed by atoms with Crippen molar-refractivity contribution < 1.29 is 4.74 Å². The molecule has 0 bridgehead atoms. The van der Waals surface area contributed by atoms with Crippen LogP contribution >= 0.6 is 0 Å². The molecule has 3 nitrogen and oxygen atoms in total. The van der Waals surface area contributed by atoms with Crippen LogP contribution in [0, 0.1) is 0 Å². The van der Waals surface area contributed by atoms with Crippen LogP contribution in [0.2, 0.25) is 0 Å². The van der Waals surface area contributed by atoms with Crippen LogP contribution < -0.4 is 5.32 Å². The molecule has 2 aliphatic heterocycles. The van der Waals surface area contributed by atoms with E-state index in [4.69, 9.17) is 4.74 Å². The summed E-state index contributed by atoms with van der Waals surface area (Å²) < 4.78 is 5.91. The first-order valence-electron chi connectivity index (χ1n) is 7.71. The lowest BCUT2D eigenvalue weighted by Gasteiger charge is -2.46. The van der Waals surface area contributed by atoms with Crippen LogP contribution in [0.4, 0.5) is 0 Å². The normalized spacial score (nSPS) is 33.5. The average molecular weight is 254 g/mol. The van der Waals surface area contributed by atoms with E-state index in [1.54, 1.807) is 0 Å². The highest BCUT2D eigenvalue weighted by Crippen LogP contribution is 2.21. The van der Waals surface area contributed by atoms with Gasteiger partial charge in [0.25, 0.3) is 0 Å². The highest BCUT2D eigenvalue weighted by Gasteiger charge is 2.33. The predicted molar refractivity (Wildman–Crippen MR) is 75.9 cm³/mol. The van der Waals surface area contributed by atoms with Crippen LogP contribution in [-0.2, 0) is 4.74 Å². The summed E-state index contributed by atoms with van der Waals surface area (Å²) >= 11 is 0. The van der Waals surface area contributed by atoms with E-state index in [2.05, 4.69) is 31.0 Å². The van der Waals surface area contributed by atoms with Gasteiger partial charge in [0.15, 0.2) is 0 Å². The van der Waals surface area contributed by atoms with Crippen molar-refractivity contribution >= 4 is 0 Å². The Balaban J connectivity index is 1.91. The van der Waals surface area contributed by atoms with Gasteiger partial charge in [0.1, 0.15) is 0 Å². The molecule has 0 aromatic heterocycles. The standard InChI is InChI=1S/C15H30N2O/c1-4-7-13-10-16-15(2,3)12-17(13)11-14-8-5-6-9-18-14/h13-14,16H,4-12H2,1-3H3. The zero-order valence-electron chi connectivity index (χ0n) is 12.4. The van der Waals surface area contributed by atoms with Crippen LogP contribution in [0.1, 0.15) is 52.9 Å². The van der Waals surface area contributed by atoms with Gasteiger partial charge in [-0.1, -0.05) is 13.3 Å². The van der Waals surface area contributed by atoms with Gasteiger partial charge in [0, 0.05) is 37.8 Å². The van der Waals surface area contributed by atoms with E-state index in [9.17, 15) is 0 Å². The first-order valence-corrected chi connectivity index (χ1v) is 7.71. The van der Waals surface area contributed by atoms with E-state index in [1.165, 1.54) is 32.1 Å². The quantitative estimate of drug-likeness (QED) is 0.834. The van der Waals surface area contributed by atoms with Crippen molar-refractivity contribution in [2.24, 2.45) is 0 Å². The number of nitrogens with zero attached hydrogens (tertiary/aromatic N) is 1. The molecule has 18 heavy (non-hydrogen) atoms. The minimum atomic E-state index is 0.249. The number of nitrogens with one attached hydrogen (secondary N) is 1. The zero-order chi connectivity index (χ0) is 13.0. The maximum atomic E-state index is 5.91. The maximum Gasteiger partial charge on any atom is 0.0702 e. The maximum absolute atomic E-state index is 5.91. The largest absolute Gasteiger partial charge is 0.377 e. The van der Waals surface area contributed by atoms with Crippen molar-refractivity contribution in [3.8, 4) is 0 Å². The van der Waals surface area contributed by atoms with Gasteiger partial charge < -0.3 is 10.1 Å². The fourth-order valence-corrected chi connectivity index (χ4v) is 3.26. The van der Waals surface area contributed by atoms with Gasteiger partial charge in [-0.2, -0.15) is 0 Å². The Hall–Kier alpha value is -0.120. The highest BCUT2D eigenvalue weighted by atomic mass is 16.5.